The van der Waals surface area contributed by atoms with Crippen molar-refractivity contribution in [1.82, 2.24) is 5.32 Å². The van der Waals surface area contributed by atoms with Crippen molar-refractivity contribution >= 4 is 17.5 Å². The number of fused-ring (bicyclic) bond motifs is 2. The third-order valence-corrected chi connectivity index (χ3v) is 5.74. The fraction of sp³-hybridized carbons (Fsp3) is 0.375. The summed E-state index contributed by atoms with van der Waals surface area (Å²) in [5.41, 5.74) is 5.40. The standard InChI is InChI=1S/C24H26N2O2/c1-24(2,3)16-10-8-15(9-11-16)22(27)25-17-12-13-19-18-6-4-5-7-20(18)23(28)26-21(19)14-17/h8-14,19H,4-7H2,1-3H3,(H,26,28). The summed E-state index contributed by atoms with van der Waals surface area (Å²) < 4.78 is 0. The van der Waals surface area contributed by atoms with E-state index in [-0.39, 0.29) is 23.1 Å². The number of nitrogens with one attached hydrogen (secondary N) is 1. The first-order chi connectivity index (χ1) is 13.3. The molecule has 2 aliphatic carbocycles. The van der Waals surface area contributed by atoms with Crippen LogP contribution in [-0.4, -0.2) is 17.5 Å². The van der Waals surface area contributed by atoms with Gasteiger partial charge >= 0.3 is 0 Å². The first-order valence-electron chi connectivity index (χ1n) is 9.99. The van der Waals surface area contributed by atoms with E-state index in [1.807, 2.05) is 36.4 Å². The first-order valence-corrected chi connectivity index (χ1v) is 9.99. The Morgan fingerprint density at radius 2 is 1.82 bits per heavy atom. The van der Waals surface area contributed by atoms with Gasteiger partial charge in [0.15, 0.2) is 0 Å². The molecular weight excluding hydrogens is 348 g/mol. The van der Waals surface area contributed by atoms with E-state index in [1.54, 1.807) is 0 Å². The lowest BCUT2D eigenvalue weighted by molar-refractivity contribution is -0.117. The highest BCUT2D eigenvalue weighted by Gasteiger charge is 2.33. The molecule has 0 spiro atoms. The number of amides is 2. The minimum Gasteiger partial charge on any atom is -0.325 e. The Hall–Kier alpha value is -2.75. The Morgan fingerprint density at radius 1 is 1.11 bits per heavy atom. The van der Waals surface area contributed by atoms with Gasteiger partial charge in [-0.3, -0.25) is 9.59 Å². The average Bonchev–Trinajstić information content (AvgIpc) is 2.67. The molecule has 1 atom stereocenters. The Balaban J connectivity index is 1.57. The highest BCUT2D eigenvalue weighted by atomic mass is 16.2. The summed E-state index contributed by atoms with van der Waals surface area (Å²) in [6.45, 7) is 6.43. The quantitative estimate of drug-likeness (QED) is 0.779. The molecule has 4 nitrogen and oxygen atoms in total. The average molecular weight is 374 g/mol. The van der Waals surface area contributed by atoms with E-state index in [4.69, 9.17) is 0 Å². The predicted octanol–water partition coefficient (Wildman–Crippen LogP) is 4.64. The van der Waals surface area contributed by atoms with Crippen LogP contribution in [0, 0.1) is 5.92 Å². The van der Waals surface area contributed by atoms with E-state index >= 15 is 0 Å². The SMILES string of the molecule is CC(C)(C)c1ccc(C(=O)N=C2C=CC3C(=C2)NC(=O)C2=C3CCCC2)cc1. The maximum absolute atomic E-state index is 12.6. The topological polar surface area (TPSA) is 58.5 Å². The fourth-order valence-corrected chi connectivity index (χ4v) is 4.12. The molecule has 1 unspecified atom stereocenters. The Labute approximate surface area is 166 Å². The Morgan fingerprint density at radius 3 is 2.54 bits per heavy atom. The zero-order valence-corrected chi connectivity index (χ0v) is 16.7. The van der Waals surface area contributed by atoms with Gasteiger partial charge in [-0.1, -0.05) is 39.0 Å². The van der Waals surface area contributed by atoms with Gasteiger partial charge in [0, 0.05) is 22.8 Å². The normalized spacial score (nSPS) is 23.1. The molecule has 0 bridgehead atoms. The lowest BCUT2D eigenvalue weighted by Gasteiger charge is -2.33. The number of allylic oxidation sites excluding steroid dienone is 3. The minimum atomic E-state index is -0.268. The molecule has 1 aliphatic heterocycles. The number of nitrogens with zero attached hydrogens (tertiary/aromatic N) is 1. The molecule has 1 N–H and O–H groups in total. The first kappa shape index (κ1) is 18.6. The summed E-state index contributed by atoms with van der Waals surface area (Å²) >= 11 is 0. The van der Waals surface area contributed by atoms with Crippen LogP contribution < -0.4 is 5.32 Å². The molecule has 4 heteroatoms. The van der Waals surface area contributed by atoms with E-state index < -0.39 is 0 Å². The van der Waals surface area contributed by atoms with Crippen molar-refractivity contribution in [3.05, 3.63) is 70.5 Å². The van der Waals surface area contributed by atoms with Crippen molar-refractivity contribution in [2.24, 2.45) is 10.9 Å². The minimum absolute atomic E-state index is 0.0101. The van der Waals surface area contributed by atoms with Crippen LogP contribution in [0.15, 0.2) is 64.3 Å². The molecule has 1 aromatic carbocycles. The molecule has 0 radical (unpaired) electrons. The molecule has 28 heavy (non-hydrogen) atoms. The van der Waals surface area contributed by atoms with E-state index in [0.717, 1.165) is 37.0 Å². The van der Waals surface area contributed by atoms with Crippen LogP contribution in [0.5, 0.6) is 0 Å². The van der Waals surface area contributed by atoms with Gasteiger partial charge in [-0.25, -0.2) is 4.99 Å². The van der Waals surface area contributed by atoms with E-state index in [2.05, 4.69) is 37.2 Å². The van der Waals surface area contributed by atoms with E-state index in [9.17, 15) is 9.59 Å². The van der Waals surface area contributed by atoms with Crippen LogP contribution in [-0.2, 0) is 10.2 Å². The van der Waals surface area contributed by atoms with Crippen molar-refractivity contribution in [2.45, 2.75) is 51.9 Å². The third-order valence-electron chi connectivity index (χ3n) is 5.74. The molecule has 0 fully saturated rings. The molecule has 2 amide bonds. The van der Waals surface area contributed by atoms with E-state index in [1.165, 1.54) is 11.1 Å². The summed E-state index contributed by atoms with van der Waals surface area (Å²) in [5.74, 6) is -0.140. The number of carbonyl (C=O) groups is 2. The summed E-state index contributed by atoms with van der Waals surface area (Å²) in [6.07, 6.45) is 9.84. The zero-order valence-electron chi connectivity index (χ0n) is 16.7. The van der Waals surface area contributed by atoms with Crippen LogP contribution in [0.4, 0.5) is 0 Å². The van der Waals surface area contributed by atoms with Gasteiger partial charge in [0.2, 0.25) is 0 Å². The van der Waals surface area contributed by atoms with Gasteiger partial charge in [-0.15, -0.1) is 0 Å². The van der Waals surface area contributed by atoms with Gasteiger partial charge in [0.05, 0.1) is 5.71 Å². The predicted molar refractivity (Wildman–Crippen MR) is 111 cm³/mol. The lowest BCUT2D eigenvalue weighted by atomic mass is 9.77. The second-order valence-electron chi connectivity index (χ2n) is 8.77. The number of rotatable bonds is 1. The third kappa shape index (κ3) is 3.51. The monoisotopic (exact) mass is 374 g/mol. The smallest absolute Gasteiger partial charge is 0.277 e. The number of aliphatic imine (C=N–C) groups is 1. The molecule has 144 valence electrons. The summed E-state index contributed by atoms with van der Waals surface area (Å²) in [4.78, 5) is 29.3. The fourth-order valence-electron chi connectivity index (χ4n) is 4.12. The molecule has 0 aromatic heterocycles. The van der Waals surface area contributed by atoms with Crippen molar-refractivity contribution in [1.29, 1.82) is 0 Å². The highest BCUT2D eigenvalue weighted by molar-refractivity contribution is 6.14. The van der Waals surface area contributed by atoms with E-state index in [0.29, 0.717) is 11.3 Å². The van der Waals surface area contributed by atoms with Crippen LogP contribution in [0.1, 0.15) is 62.4 Å². The molecule has 1 heterocycles. The Kier molecular flexibility index (Phi) is 4.66. The number of carbonyl (C=O) groups excluding carboxylic acids is 2. The van der Waals surface area contributed by atoms with Crippen molar-refractivity contribution < 1.29 is 9.59 Å². The van der Waals surface area contributed by atoms with Gasteiger partial charge in [-0.05, 0) is 66.5 Å². The van der Waals surface area contributed by atoms with Crippen molar-refractivity contribution in [3.8, 4) is 0 Å². The second-order valence-corrected chi connectivity index (χ2v) is 8.77. The molecule has 4 rings (SSSR count). The van der Waals surface area contributed by atoms with Crippen molar-refractivity contribution in [3.63, 3.8) is 0 Å². The number of benzene rings is 1. The van der Waals surface area contributed by atoms with Crippen LogP contribution in [0.3, 0.4) is 0 Å². The summed E-state index contributed by atoms with van der Waals surface area (Å²) in [5, 5.41) is 3.01. The largest absolute Gasteiger partial charge is 0.325 e. The van der Waals surface area contributed by atoms with Gasteiger partial charge in [0.1, 0.15) is 0 Å². The summed E-state index contributed by atoms with van der Waals surface area (Å²) in [6, 6.07) is 7.63. The molecule has 0 saturated carbocycles. The molecule has 3 aliphatic rings. The molecule has 0 saturated heterocycles. The van der Waals surface area contributed by atoms with Crippen LogP contribution >= 0.6 is 0 Å². The van der Waals surface area contributed by atoms with Gasteiger partial charge in [0.25, 0.3) is 11.8 Å². The highest BCUT2D eigenvalue weighted by Crippen LogP contribution is 2.38. The van der Waals surface area contributed by atoms with Crippen LogP contribution in [0.2, 0.25) is 0 Å². The van der Waals surface area contributed by atoms with Crippen molar-refractivity contribution in [2.75, 3.05) is 0 Å². The van der Waals surface area contributed by atoms with Gasteiger partial charge < -0.3 is 5.32 Å². The van der Waals surface area contributed by atoms with Crippen LogP contribution in [0.25, 0.3) is 0 Å². The van der Waals surface area contributed by atoms with Gasteiger partial charge in [-0.2, -0.15) is 0 Å². The molecular formula is C24H26N2O2. The molecule has 1 aromatic rings. The Bertz CT molecular complexity index is 953. The maximum atomic E-state index is 12.6. The second kappa shape index (κ2) is 7.01. The summed E-state index contributed by atoms with van der Waals surface area (Å²) in [7, 11) is 0. The lowest BCUT2D eigenvalue weighted by Crippen LogP contribution is -2.37. The number of hydrogen-bond donors (Lipinski definition) is 1. The maximum Gasteiger partial charge on any atom is 0.277 e. The zero-order chi connectivity index (χ0) is 19.9. The number of hydrogen-bond acceptors (Lipinski definition) is 2.